The zero-order valence-corrected chi connectivity index (χ0v) is 22.3. The Morgan fingerprint density at radius 2 is 1.85 bits per heavy atom. The first kappa shape index (κ1) is 24.9. The number of likely N-dealkylation sites (tertiary alicyclic amines) is 1. The molecular formula is C30H30N4O5. The van der Waals surface area contributed by atoms with Crippen molar-refractivity contribution >= 4 is 22.8 Å². The number of pyridine rings is 1. The number of fused-ring (bicyclic) bond motifs is 2. The molecule has 1 saturated heterocycles. The van der Waals surface area contributed by atoms with E-state index in [0.717, 1.165) is 22.2 Å². The Balaban J connectivity index is 1.18. The molecule has 9 nitrogen and oxygen atoms in total. The van der Waals surface area contributed by atoms with Crippen LogP contribution in [0.1, 0.15) is 50.5 Å². The predicted molar refractivity (Wildman–Crippen MR) is 144 cm³/mol. The van der Waals surface area contributed by atoms with Crippen LogP contribution in [0.5, 0.6) is 11.5 Å². The summed E-state index contributed by atoms with van der Waals surface area (Å²) in [6.45, 7) is 0.932. The Kier molecular flexibility index (Phi) is 6.21. The van der Waals surface area contributed by atoms with Crippen molar-refractivity contribution in [2.75, 3.05) is 27.3 Å². The Morgan fingerprint density at radius 1 is 1.05 bits per heavy atom. The molecular weight excluding hydrogens is 496 g/mol. The van der Waals surface area contributed by atoms with Crippen LogP contribution in [0, 0.1) is 0 Å². The molecule has 1 spiro atoms. The third kappa shape index (κ3) is 4.47. The number of hydrogen-bond acceptors (Lipinski definition) is 7. The molecule has 2 aromatic carbocycles. The number of aryl methyl sites for hydroxylation is 1. The van der Waals surface area contributed by atoms with Crippen LogP contribution in [0.2, 0.25) is 0 Å². The van der Waals surface area contributed by atoms with Gasteiger partial charge in [0.15, 0.2) is 0 Å². The van der Waals surface area contributed by atoms with Gasteiger partial charge in [-0.05, 0) is 35.4 Å². The van der Waals surface area contributed by atoms with Gasteiger partial charge in [-0.2, -0.15) is 5.10 Å². The van der Waals surface area contributed by atoms with Crippen LogP contribution in [-0.4, -0.2) is 64.5 Å². The van der Waals surface area contributed by atoms with Gasteiger partial charge in [0.2, 0.25) is 0 Å². The topological polar surface area (TPSA) is 95.8 Å². The highest BCUT2D eigenvalue weighted by molar-refractivity contribution is 5.98. The van der Waals surface area contributed by atoms with Crippen LogP contribution < -0.4 is 9.47 Å². The maximum absolute atomic E-state index is 13.5. The molecule has 0 saturated carbocycles. The standard InChI is InChI=1S/C30H30N4O5/c1-33-21(9-12-31-33)15-19-7-8-20-18-30(39-29(36)23(20)16-19)10-13-34(14-11-30)28(35)24-17-26(38-3)22-5-4-6-25(37-2)27(22)32-24/h4-9,12,16-17H,10-11,13-15,18H2,1-3H3. The number of rotatable bonds is 5. The number of amides is 1. The summed E-state index contributed by atoms with van der Waals surface area (Å²) < 4.78 is 18.9. The Hall–Kier alpha value is -4.40. The summed E-state index contributed by atoms with van der Waals surface area (Å²) in [5.74, 6) is 0.667. The lowest BCUT2D eigenvalue weighted by molar-refractivity contribution is -0.0527. The van der Waals surface area contributed by atoms with Crippen molar-refractivity contribution in [3.63, 3.8) is 0 Å². The van der Waals surface area contributed by atoms with Gasteiger partial charge in [-0.25, -0.2) is 9.78 Å². The van der Waals surface area contributed by atoms with E-state index in [4.69, 9.17) is 14.2 Å². The van der Waals surface area contributed by atoms with E-state index in [1.807, 2.05) is 48.1 Å². The summed E-state index contributed by atoms with van der Waals surface area (Å²) in [6, 6.07) is 15.3. The van der Waals surface area contributed by atoms with Crippen LogP contribution in [-0.2, 0) is 24.6 Å². The first-order chi connectivity index (χ1) is 18.9. The number of benzene rings is 2. The van der Waals surface area contributed by atoms with E-state index in [1.54, 1.807) is 31.4 Å². The van der Waals surface area contributed by atoms with Crippen molar-refractivity contribution < 1.29 is 23.8 Å². The number of piperidine rings is 1. The minimum atomic E-state index is -0.609. The van der Waals surface area contributed by atoms with Crippen molar-refractivity contribution in [3.8, 4) is 11.5 Å². The van der Waals surface area contributed by atoms with Gasteiger partial charge < -0.3 is 19.1 Å². The average Bonchev–Trinajstić information content (AvgIpc) is 3.36. The van der Waals surface area contributed by atoms with Crippen molar-refractivity contribution in [1.29, 1.82) is 0 Å². The molecule has 9 heteroatoms. The zero-order valence-electron chi connectivity index (χ0n) is 22.3. The predicted octanol–water partition coefficient (Wildman–Crippen LogP) is 3.96. The summed E-state index contributed by atoms with van der Waals surface area (Å²) >= 11 is 0. The van der Waals surface area contributed by atoms with E-state index in [0.29, 0.717) is 67.0 Å². The highest BCUT2D eigenvalue weighted by atomic mass is 16.6. The van der Waals surface area contributed by atoms with Crippen molar-refractivity contribution in [2.45, 2.75) is 31.3 Å². The average molecular weight is 527 g/mol. The number of aromatic nitrogens is 3. The summed E-state index contributed by atoms with van der Waals surface area (Å²) in [4.78, 5) is 33.0. The lowest BCUT2D eigenvalue weighted by Gasteiger charge is -2.43. The molecule has 4 aromatic rings. The molecule has 0 radical (unpaired) electrons. The number of esters is 1. The van der Waals surface area contributed by atoms with Gasteiger partial charge in [-0.1, -0.05) is 18.2 Å². The monoisotopic (exact) mass is 526 g/mol. The zero-order chi connectivity index (χ0) is 27.1. The fourth-order valence-electron chi connectivity index (χ4n) is 5.69. The van der Waals surface area contributed by atoms with Crippen LogP contribution in [0.15, 0.2) is 54.7 Å². The molecule has 0 bridgehead atoms. The van der Waals surface area contributed by atoms with E-state index in [2.05, 4.69) is 16.1 Å². The second-order valence-corrected chi connectivity index (χ2v) is 10.2. The lowest BCUT2D eigenvalue weighted by Crippen LogP contribution is -2.52. The van der Waals surface area contributed by atoms with Gasteiger partial charge >= 0.3 is 5.97 Å². The van der Waals surface area contributed by atoms with Gasteiger partial charge in [0.25, 0.3) is 5.91 Å². The Bertz CT molecular complexity index is 1590. The summed E-state index contributed by atoms with van der Waals surface area (Å²) in [5.41, 5.74) is 4.00. The minimum Gasteiger partial charge on any atom is -0.496 e. The number of para-hydroxylation sites is 1. The van der Waals surface area contributed by atoms with E-state index in [1.165, 1.54) is 0 Å². The molecule has 0 unspecified atom stereocenters. The van der Waals surface area contributed by atoms with Crippen LogP contribution >= 0.6 is 0 Å². The molecule has 1 amide bonds. The molecule has 2 aliphatic rings. The molecule has 2 aromatic heterocycles. The summed E-state index contributed by atoms with van der Waals surface area (Å²) in [5, 5.41) is 5.00. The van der Waals surface area contributed by atoms with E-state index in [9.17, 15) is 9.59 Å². The number of ether oxygens (including phenoxy) is 3. The molecule has 4 heterocycles. The SMILES string of the molecule is COc1cc(C(=O)N2CCC3(CC2)Cc2ccc(Cc4ccnn4C)cc2C(=O)O3)nc2c(OC)cccc12. The second-order valence-electron chi connectivity index (χ2n) is 10.2. The molecule has 39 heavy (non-hydrogen) atoms. The largest absolute Gasteiger partial charge is 0.496 e. The lowest BCUT2D eigenvalue weighted by atomic mass is 9.81. The minimum absolute atomic E-state index is 0.182. The van der Waals surface area contributed by atoms with Crippen LogP contribution in [0.25, 0.3) is 10.9 Å². The van der Waals surface area contributed by atoms with Gasteiger partial charge in [0, 0.05) is 69.2 Å². The van der Waals surface area contributed by atoms with Crippen molar-refractivity contribution in [1.82, 2.24) is 19.7 Å². The third-order valence-electron chi connectivity index (χ3n) is 7.91. The van der Waals surface area contributed by atoms with E-state index < -0.39 is 5.60 Å². The number of carbonyl (C=O) groups is 2. The maximum atomic E-state index is 13.5. The van der Waals surface area contributed by atoms with Gasteiger partial charge in [0.1, 0.15) is 28.3 Å². The molecule has 200 valence electrons. The maximum Gasteiger partial charge on any atom is 0.338 e. The van der Waals surface area contributed by atoms with Gasteiger partial charge in [-0.15, -0.1) is 0 Å². The Morgan fingerprint density at radius 3 is 2.56 bits per heavy atom. The number of methoxy groups -OCH3 is 2. The third-order valence-corrected chi connectivity index (χ3v) is 7.91. The fourth-order valence-corrected chi connectivity index (χ4v) is 5.69. The molecule has 6 rings (SSSR count). The second kappa shape index (κ2) is 9.72. The highest BCUT2D eigenvalue weighted by Gasteiger charge is 2.43. The molecule has 0 N–H and O–H groups in total. The summed E-state index contributed by atoms with van der Waals surface area (Å²) in [7, 11) is 5.06. The first-order valence-corrected chi connectivity index (χ1v) is 13.0. The van der Waals surface area contributed by atoms with Gasteiger partial charge in [-0.3, -0.25) is 9.48 Å². The molecule has 1 fully saturated rings. The van der Waals surface area contributed by atoms with Crippen LogP contribution in [0.3, 0.4) is 0 Å². The van der Waals surface area contributed by atoms with Crippen molar-refractivity contribution in [2.24, 2.45) is 7.05 Å². The quantitative estimate of drug-likeness (QED) is 0.363. The first-order valence-electron chi connectivity index (χ1n) is 13.0. The van der Waals surface area contributed by atoms with Gasteiger partial charge in [0.05, 0.1) is 19.8 Å². The number of carbonyl (C=O) groups excluding carboxylic acids is 2. The summed E-state index contributed by atoms with van der Waals surface area (Å²) in [6.07, 6.45) is 4.23. The smallest absolute Gasteiger partial charge is 0.338 e. The van der Waals surface area contributed by atoms with E-state index in [-0.39, 0.29) is 11.9 Å². The molecule has 0 aliphatic carbocycles. The Labute approximate surface area is 226 Å². The molecule has 0 atom stereocenters. The van der Waals surface area contributed by atoms with Crippen molar-refractivity contribution in [3.05, 3.63) is 82.8 Å². The number of hydrogen-bond donors (Lipinski definition) is 0. The van der Waals surface area contributed by atoms with E-state index >= 15 is 0 Å². The number of nitrogens with zero attached hydrogens (tertiary/aromatic N) is 4. The van der Waals surface area contributed by atoms with Crippen LogP contribution in [0.4, 0.5) is 0 Å². The molecule has 2 aliphatic heterocycles. The highest BCUT2D eigenvalue weighted by Crippen LogP contribution is 2.38. The fraction of sp³-hybridized carbons (Fsp3) is 0.333. The normalized spacial score (nSPS) is 16.2.